The average Bonchev–Trinajstić information content (AvgIpc) is 2.79. The maximum absolute atomic E-state index is 12.1. The predicted octanol–water partition coefficient (Wildman–Crippen LogP) is 1.75. The van der Waals surface area contributed by atoms with E-state index in [-0.39, 0.29) is 17.2 Å². The Bertz CT molecular complexity index is 619. The van der Waals surface area contributed by atoms with Gasteiger partial charge >= 0.3 is 4.87 Å². The maximum Gasteiger partial charge on any atom is 0.307 e. The zero-order valence-electron chi connectivity index (χ0n) is 10.1. The summed E-state index contributed by atoms with van der Waals surface area (Å²) in [6.45, 7) is 3.99. The Kier molecular flexibility index (Phi) is 3.02. The summed E-state index contributed by atoms with van der Waals surface area (Å²) in [4.78, 5) is 23.4. The van der Waals surface area contributed by atoms with Gasteiger partial charge in [0, 0.05) is 35.6 Å². The second-order valence-electron chi connectivity index (χ2n) is 4.06. The second kappa shape index (κ2) is 4.33. The van der Waals surface area contributed by atoms with Crippen molar-refractivity contribution in [2.45, 2.75) is 20.4 Å². The van der Waals surface area contributed by atoms with Crippen molar-refractivity contribution < 1.29 is 4.79 Å². The van der Waals surface area contributed by atoms with Gasteiger partial charge in [-0.2, -0.15) is 0 Å². The number of nitrogens with zero attached hydrogens (tertiary/aromatic N) is 2. The Hall–Kier alpha value is -1.62. The molecule has 0 spiro atoms. The first-order valence-electron chi connectivity index (χ1n) is 5.30. The van der Waals surface area contributed by atoms with E-state index in [1.165, 1.54) is 4.57 Å². The highest BCUT2D eigenvalue weighted by atomic mass is 32.1. The first-order chi connectivity index (χ1) is 8.00. The topological polar surface area (TPSA) is 44.0 Å². The van der Waals surface area contributed by atoms with E-state index in [9.17, 15) is 9.59 Å². The quantitative estimate of drug-likeness (QED) is 0.779. The van der Waals surface area contributed by atoms with Gasteiger partial charge in [0.25, 0.3) is 0 Å². The molecule has 5 heteroatoms. The molecular weight excluding hydrogens is 236 g/mol. The lowest BCUT2D eigenvalue weighted by Gasteiger charge is -2.02. The highest BCUT2D eigenvalue weighted by molar-refractivity contribution is 7.07. The molecule has 2 aromatic rings. The molecule has 0 aliphatic heterocycles. The Morgan fingerprint density at radius 3 is 2.59 bits per heavy atom. The van der Waals surface area contributed by atoms with Gasteiger partial charge in [-0.05, 0) is 19.9 Å². The molecule has 0 amide bonds. The van der Waals surface area contributed by atoms with Crippen molar-refractivity contribution in [1.82, 2.24) is 9.13 Å². The molecule has 0 atom stereocenters. The van der Waals surface area contributed by atoms with E-state index in [1.807, 2.05) is 31.5 Å². The smallest absolute Gasteiger partial charge is 0.307 e. The second-order valence-corrected chi connectivity index (χ2v) is 4.92. The summed E-state index contributed by atoms with van der Waals surface area (Å²) in [5.74, 6) is -0.0216. The van der Waals surface area contributed by atoms with Crippen LogP contribution in [0, 0.1) is 13.8 Å². The minimum atomic E-state index is -0.0938. The fourth-order valence-corrected chi connectivity index (χ4v) is 2.37. The molecular formula is C12H14N2O2S. The van der Waals surface area contributed by atoms with Crippen LogP contribution in [0.25, 0.3) is 0 Å². The van der Waals surface area contributed by atoms with E-state index in [2.05, 4.69) is 0 Å². The fraction of sp³-hybridized carbons (Fsp3) is 0.333. The third-order valence-electron chi connectivity index (χ3n) is 3.03. The summed E-state index contributed by atoms with van der Waals surface area (Å²) in [5.41, 5.74) is 2.68. The summed E-state index contributed by atoms with van der Waals surface area (Å²) in [6.07, 6.45) is 1.65. The number of Topliss-reactive ketones (excluding diaryl/α,β-unsaturated/α-hetero) is 1. The van der Waals surface area contributed by atoms with Crippen LogP contribution in [0.4, 0.5) is 0 Å². The van der Waals surface area contributed by atoms with Crippen LogP contribution in [0.2, 0.25) is 0 Å². The summed E-state index contributed by atoms with van der Waals surface area (Å²) in [6, 6.07) is 1.87. The Balaban J connectivity index is 2.30. The summed E-state index contributed by atoms with van der Waals surface area (Å²) >= 11 is 1.10. The van der Waals surface area contributed by atoms with Gasteiger partial charge in [0.2, 0.25) is 0 Å². The number of carbonyl (C=O) groups excluding carboxylic acids is 1. The molecule has 17 heavy (non-hydrogen) atoms. The third kappa shape index (κ3) is 2.10. The summed E-state index contributed by atoms with van der Waals surface area (Å²) in [7, 11) is 1.93. The molecule has 0 aromatic carbocycles. The van der Waals surface area contributed by atoms with Crippen molar-refractivity contribution in [2.75, 3.05) is 0 Å². The molecule has 0 bridgehead atoms. The van der Waals surface area contributed by atoms with Gasteiger partial charge in [-0.25, -0.2) is 0 Å². The maximum atomic E-state index is 12.1. The lowest BCUT2D eigenvalue weighted by Crippen LogP contribution is -2.18. The number of aryl methyl sites for hydroxylation is 1. The van der Waals surface area contributed by atoms with Crippen LogP contribution in [0.15, 0.2) is 22.4 Å². The standard InChI is InChI=1S/C12H14N2O2S/c1-8-6-10(9(2)13(8)3)11(15)7-14-4-5-17-12(14)16/h4-6H,7H2,1-3H3. The monoisotopic (exact) mass is 250 g/mol. The zero-order valence-corrected chi connectivity index (χ0v) is 10.9. The SMILES string of the molecule is Cc1cc(C(=O)Cn2ccsc2=O)c(C)n1C. The first-order valence-corrected chi connectivity index (χ1v) is 6.18. The number of hydrogen-bond acceptors (Lipinski definition) is 3. The zero-order chi connectivity index (χ0) is 12.6. The summed E-state index contributed by atoms with van der Waals surface area (Å²) < 4.78 is 3.42. The van der Waals surface area contributed by atoms with Crippen LogP contribution in [-0.2, 0) is 13.6 Å². The molecule has 2 heterocycles. The van der Waals surface area contributed by atoms with Gasteiger partial charge in [-0.3, -0.25) is 14.2 Å². The van der Waals surface area contributed by atoms with E-state index in [4.69, 9.17) is 0 Å². The van der Waals surface area contributed by atoms with Crippen LogP contribution in [0.1, 0.15) is 21.7 Å². The number of aromatic nitrogens is 2. The van der Waals surface area contributed by atoms with E-state index in [0.29, 0.717) is 5.56 Å². The minimum absolute atomic E-state index is 0.0216. The summed E-state index contributed by atoms with van der Waals surface area (Å²) in [5, 5.41) is 1.69. The van der Waals surface area contributed by atoms with Gasteiger partial charge in [-0.15, -0.1) is 0 Å². The Labute approximate surface area is 103 Å². The van der Waals surface area contributed by atoms with Gasteiger partial charge < -0.3 is 4.57 Å². The largest absolute Gasteiger partial charge is 0.351 e. The van der Waals surface area contributed by atoms with Crippen LogP contribution < -0.4 is 4.87 Å². The number of thiazole rings is 1. The van der Waals surface area contributed by atoms with Crippen molar-refractivity contribution >= 4 is 17.1 Å². The molecule has 0 radical (unpaired) electrons. The lowest BCUT2D eigenvalue weighted by atomic mass is 10.1. The number of hydrogen-bond donors (Lipinski definition) is 0. The van der Waals surface area contributed by atoms with Crippen LogP contribution >= 0.6 is 11.3 Å². The molecule has 0 aliphatic carbocycles. The molecule has 0 aliphatic rings. The molecule has 2 rings (SSSR count). The molecule has 90 valence electrons. The molecule has 0 unspecified atom stereocenters. The number of ketones is 1. The third-order valence-corrected chi connectivity index (χ3v) is 3.73. The van der Waals surface area contributed by atoms with Crippen molar-refractivity contribution in [3.63, 3.8) is 0 Å². The van der Waals surface area contributed by atoms with Gasteiger partial charge in [0.05, 0.1) is 6.54 Å². The molecule has 0 saturated heterocycles. The normalized spacial score (nSPS) is 10.8. The number of carbonyl (C=O) groups is 1. The molecule has 4 nitrogen and oxygen atoms in total. The van der Waals surface area contributed by atoms with Crippen LogP contribution in [0.3, 0.4) is 0 Å². The Morgan fingerprint density at radius 1 is 1.41 bits per heavy atom. The lowest BCUT2D eigenvalue weighted by molar-refractivity contribution is 0.0971. The molecule has 0 saturated carbocycles. The molecule has 0 fully saturated rings. The van der Waals surface area contributed by atoms with Crippen LogP contribution in [-0.4, -0.2) is 14.9 Å². The fourth-order valence-electron chi connectivity index (χ4n) is 1.79. The van der Waals surface area contributed by atoms with Crippen molar-refractivity contribution in [2.24, 2.45) is 7.05 Å². The molecule has 0 N–H and O–H groups in total. The predicted molar refractivity (Wildman–Crippen MR) is 67.8 cm³/mol. The minimum Gasteiger partial charge on any atom is -0.351 e. The van der Waals surface area contributed by atoms with Crippen molar-refractivity contribution in [1.29, 1.82) is 0 Å². The first kappa shape index (κ1) is 11.9. The van der Waals surface area contributed by atoms with Gasteiger partial charge in [0.1, 0.15) is 0 Å². The van der Waals surface area contributed by atoms with E-state index in [0.717, 1.165) is 22.7 Å². The highest BCUT2D eigenvalue weighted by Gasteiger charge is 2.14. The van der Waals surface area contributed by atoms with Gasteiger partial charge in [0.15, 0.2) is 5.78 Å². The van der Waals surface area contributed by atoms with E-state index < -0.39 is 0 Å². The van der Waals surface area contributed by atoms with Crippen molar-refractivity contribution in [3.8, 4) is 0 Å². The Morgan fingerprint density at radius 2 is 2.12 bits per heavy atom. The highest BCUT2D eigenvalue weighted by Crippen LogP contribution is 2.14. The number of rotatable bonds is 3. The van der Waals surface area contributed by atoms with Crippen LogP contribution in [0.5, 0.6) is 0 Å². The van der Waals surface area contributed by atoms with E-state index in [1.54, 1.807) is 11.6 Å². The van der Waals surface area contributed by atoms with E-state index >= 15 is 0 Å². The molecule has 2 aromatic heterocycles. The average molecular weight is 250 g/mol. The van der Waals surface area contributed by atoms with Crippen molar-refractivity contribution in [3.05, 3.63) is 44.3 Å². The van der Waals surface area contributed by atoms with Gasteiger partial charge in [-0.1, -0.05) is 11.3 Å².